The minimum absolute atomic E-state index is 0.0579. The molecule has 1 saturated heterocycles. The third-order valence-corrected chi connectivity index (χ3v) is 4.91. The molecule has 1 amide bonds. The average molecular weight is 370 g/mol. The first kappa shape index (κ1) is 19.3. The molecule has 1 N–H and O–H groups in total. The quantitative estimate of drug-likeness (QED) is 0.864. The lowest BCUT2D eigenvalue weighted by atomic mass is 10.1. The molecule has 3 rings (SSSR count). The van der Waals surface area contributed by atoms with Crippen molar-refractivity contribution in [3.63, 3.8) is 0 Å². The number of rotatable bonds is 5. The third kappa shape index (κ3) is 4.61. The number of aromatic nitrogens is 2. The maximum atomic E-state index is 12.7. The fourth-order valence-electron chi connectivity index (χ4n) is 3.22. The minimum atomic E-state index is -0.420. The Bertz CT molecular complexity index is 841. The monoisotopic (exact) mass is 370 g/mol. The van der Waals surface area contributed by atoms with Crippen LogP contribution in [0.2, 0.25) is 0 Å². The Hall–Kier alpha value is -2.51. The third-order valence-electron chi connectivity index (χ3n) is 4.91. The second kappa shape index (κ2) is 8.45. The van der Waals surface area contributed by atoms with Crippen molar-refractivity contribution in [2.45, 2.75) is 19.9 Å². The minimum Gasteiger partial charge on any atom is -0.379 e. The van der Waals surface area contributed by atoms with Crippen LogP contribution in [0.1, 0.15) is 22.8 Å². The molecule has 7 nitrogen and oxygen atoms in total. The predicted octanol–water partition coefficient (Wildman–Crippen LogP) is 1.54. The SMILES string of the molecule is Cc1ccc(-c2ncc(C(=O)N(C)C[C@@H](C)N3CCOCC3)c(=O)[nH]2)cc1. The van der Waals surface area contributed by atoms with Gasteiger partial charge in [-0.05, 0) is 13.8 Å². The van der Waals surface area contributed by atoms with Crippen molar-refractivity contribution in [2.24, 2.45) is 0 Å². The number of hydrogen-bond acceptors (Lipinski definition) is 5. The van der Waals surface area contributed by atoms with Crippen molar-refractivity contribution in [1.82, 2.24) is 19.8 Å². The first-order chi connectivity index (χ1) is 13.0. The van der Waals surface area contributed by atoms with Gasteiger partial charge in [0.05, 0.1) is 13.2 Å². The standard InChI is InChI=1S/C20H26N4O3/c1-14-4-6-16(7-5-14)18-21-12-17(19(25)22-18)20(26)23(3)13-15(2)24-8-10-27-11-9-24/h4-7,12,15H,8-11,13H2,1-3H3,(H,21,22,25)/t15-/m1/s1. The van der Waals surface area contributed by atoms with Crippen LogP contribution in [0.15, 0.2) is 35.3 Å². The molecule has 0 spiro atoms. The van der Waals surface area contributed by atoms with Crippen LogP contribution in [0.5, 0.6) is 0 Å². The number of aromatic amines is 1. The summed E-state index contributed by atoms with van der Waals surface area (Å²) in [5, 5.41) is 0. The van der Waals surface area contributed by atoms with Gasteiger partial charge in [-0.2, -0.15) is 0 Å². The number of hydrogen-bond donors (Lipinski definition) is 1. The van der Waals surface area contributed by atoms with Gasteiger partial charge in [-0.15, -0.1) is 0 Å². The van der Waals surface area contributed by atoms with Gasteiger partial charge in [-0.3, -0.25) is 14.5 Å². The summed E-state index contributed by atoms with van der Waals surface area (Å²) in [7, 11) is 1.71. The molecule has 1 aliphatic rings. The fourth-order valence-corrected chi connectivity index (χ4v) is 3.22. The smallest absolute Gasteiger partial charge is 0.264 e. The summed E-state index contributed by atoms with van der Waals surface area (Å²) < 4.78 is 5.37. The van der Waals surface area contributed by atoms with Crippen molar-refractivity contribution >= 4 is 5.91 Å². The number of nitrogens with zero attached hydrogens (tertiary/aromatic N) is 3. The highest BCUT2D eigenvalue weighted by Crippen LogP contribution is 2.14. The zero-order valence-electron chi connectivity index (χ0n) is 16.1. The van der Waals surface area contributed by atoms with E-state index in [9.17, 15) is 9.59 Å². The number of morpholine rings is 1. The van der Waals surface area contributed by atoms with Crippen LogP contribution in [0.3, 0.4) is 0 Å². The summed E-state index contributed by atoms with van der Waals surface area (Å²) in [6, 6.07) is 7.89. The second-order valence-corrected chi connectivity index (χ2v) is 7.02. The number of amides is 1. The Morgan fingerprint density at radius 3 is 2.59 bits per heavy atom. The Kier molecular flexibility index (Phi) is 6.03. The number of H-pyrrole nitrogens is 1. The van der Waals surface area contributed by atoms with Crippen LogP contribution >= 0.6 is 0 Å². The maximum absolute atomic E-state index is 12.7. The maximum Gasteiger partial charge on any atom is 0.264 e. The molecule has 27 heavy (non-hydrogen) atoms. The van der Waals surface area contributed by atoms with Gasteiger partial charge in [-0.1, -0.05) is 29.8 Å². The Morgan fingerprint density at radius 2 is 1.96 bits per heavy atom. The summed E-state index contributed by atoms with van der Waals surface area (Å²) in [6.07, 6.45) is 1.37. The molecule has 7 heteroatoms. The average Bonchev–Trinajstić information content (AvgIpc) is 2.68. The van der Waals surface area contributed by atoms with Gasteiger partial charge < -0.3 is 14.6 Å². The zero-order chi connectivity index (χ0) is 19.4. The van der Waals surface area contributed by atoms with Crippen molar-refractivity contribution in [1.29, 1.82) is 0 Å². The highest BCUT2D eigenvalue weighted by atomic mass is 16.5. The summed E-state index contributed by atoms with van der Waals surface area (Å²) in [4.78, 5) is 36.0. The van der Waals surface area contributed by atoms with Crippen LogP contribution in [-0.2, 0) is 4.74 Å². The lowest BCUT2D eigenvalue weighted by molar-refractivity contribution is 0.0142. The molecule has 0 bridgehead atoms. The summed E-state index contributed by atoms with van der Waals surface area (Å²) in [6.45, 7) is 7.76. The van der Waals surface area contributed by atoms with E-state index < -0.39 is 5.56 Å². The van der Waals surface area contributed by atoms with E-state index in [1.807, 2.05) is 31.2 Å². The molecular formula is C20H26N4O3. The molecule has 0 aliphatic carbocycles. The molecule has 2 heterocycles. The normalized spacial score (nSPS) is 16.1. The van der Waals surface area contributed by atoms with Crippen molar-refractivity contribution in [3.8, 4) is 11.4 Å². The van der Waals surface area contributed by atoms with Crippen molar-refractivity contribution in [2.75, 3.05) is 39.9 Å². The second-order valence-electron chi connectivity index (χ2n) is 7.02. The van der Waals surface area contributed by atoms with E-state index in [4.69, 9.17) is 4.74 Å². The van der Waals surface area contributed by atoms with Crippen LogP contribution < -0.4 is 5.56 Å². The van der Waals surface area contributed by atoms with Gasteiger partial charge in [0.15, 0.2) is 0 Å². The van der Waals surface area contributed by atoms with Crippen LogP contribution in [0, 0.1) is 6.92 Å². The van der Waals surface area contributed by atoms with Gasteiger partial charge in [0.25, 0.3) is 11.5 Å². The predicted molar refractivity (Wildman–Crippen MR) is 104 cm³/mol. The Balaban J connectivity index is 1.70. The molecule has 1 atom stereocenters. The first-order valence-electron chi connectivity index (χ1n) is 9.19. The summed E-state index contributed by atoms with van der Waals surface area (Å²) in [5.74, 6) is 0.139. The van der Waals surface area contributed by atoms with Gasteiger partial charge in [-0.25, -0.2) is 4.98 Å². The number of carbonyl (C=O) groups is 1. The molecule has 0 saturated carbocycles. The molecule has 2 aromatic rings. The lowest BCUT2D eigenvalue weighted by Gasteiger charge is -2.34. The number of carbonyl (C=O) groups excluding carboxylic acids is 1. The number of benzene rings is 1. The van der Waals surface area contributed by atoms with E-state index in [0.29, 0.717) is 25.6 Å². The van der Waals surface area contributed by atoms with E-state index in [1.165, 1.54) is 6.20 Å². The Labute approximate surface area is 159 Å². The summed E-state index contributed by atoms with van der Waals surface area (Å²) in [5.41, 5.74) is 1.58. The molecule has 1 aromatic heterocycles. The zero-order valence-corrected chi connectivity index (χ0v) is 16.1. The van der Waals surface area contributed by atoms with Crippen LogP contribution in [-0.4, -0.2) is 71.6 Å². The van der Waals surface area contributed by atoms with E-state index in [2.05, 4.69) is 21.8 Å². The number of likely N-dealkylation sites (N-methyl/N-ethyl adjacent to an activating group) is 1. The molecule has 0 unspecified atom stereocenters. The van der Waals surface area contributed by atoms with E-state index >= 15 is 0 Å². The van der Waals surface area contributed by atoms with Crippen molar-refractivity contribution in [3.05, 3.63) is 51.9 Å². The topological polar surface area (TPSA) is 78.5 Å². The fraction of sp³-hybridized carbons (Fsp3) is 0.450. The molecule has 1 fully saturated rings. The Morgan fingerprint density at radius 1 is 1.30 bits per heavy atom. The molecule has 0 radical (unpaired) electrons. The molecule has 1 aliphatic heterocycles. The number of nitrogens with one attached hydrogen (secondary N) is 1. The molecule has 144 valence electrons. The largest absolute Gasteiger partial charge is 0.379 e. The van der Waals surface area contributed by atoms with E-state index in [0.717, 1.165) is 24.2 Å². The van der Waals surface area contributed by atoms with Crippen molar-refractivity contribution < 1.29 is 9.53 Å². The van der Waals surface area contributed by atoms with Crippen LogP contribution in [0.4, 0.5) is 0 Å². The lowest BCUT2D eigenvalue weighted by Crippen LogP contribution is -2.48. The van der Waals surface area contributed by atoms with Gasteiger partial charge in [0, 0.05) is 44.5 Å². The highest BCUT2D eigenvalue weighted by molar-refractivity contribution is 5.93. The van der Waals surface area contributed by atoms with Gasteiger partial charge >= 0.3 is 0 Å². The molecular weight excluding hydrogens is 344 g/mol. The van der Waals surface area contributed by atoms with E-state index in [-0.39, 0.29) is 17.5 Å². The first-order valence-corrected chi connectivity index (χ1v) is 9.19. The van der Waals surface area contributed by atoms with E-state index in [1.54, 1.807) is 11.9 Å². The van der Waals surface area contributed by atoms with Crippen LogP contribution in [0.25, 0.3) is 11.4 Å². The van der Waals surface area contributed by atoms with Gasteiger partial charge in [0.2, 0.25) is 0 Å². The van der Waals surface area contributed by atoms with Gasteiger partial charge in [0.1, 0.15) is 11.4 Å². The molecule has 1 aromatic carbocycles. The summed E-state index contributed by atoms with van der Waals surface area (Å²) >= 11 is 0. The number of ether oxygens (including phenoxy) is 1. The number of aryl methyl sites for hydroxylation is 1. The highest BCUT2D eigenvalue weighted by Gasteiger charge is 2.22.